The highest BCUT2D eigenvalue weighted by Gasteiger charge is 2.15. The van der Waals surface area contributed by atoms with Crippen molar-refractivity contribution >= 4 is 15.9 Å². The summed E-state index contributed by atoms with van der Waals surface area (Å²) >= 11 is 3.67. The Morgan fingerprint density at radius 1 is 1.19 bits per heavy atom. The van der Waals surface area contributed by atoms with Crippen LogP contribution < -0.4 is 0 Å². The molecular weight excluding hydrogens is 328 g/mol. The van der Waals surface area contributed by atoms with Crippen LogP contribution in [0.2, 0.25) is 0 Å². The van der Waals surface area contributed by atoms with Crippen molar-refractivity contribution in [3.8, 4) is 0 Å². The number of hydrogen-bond donors (Lipinski definition) is 0. The van der Waals surface area contributed by atoms with E-state index in [1.807, 2.05) is 19.9 Å². The lowest BCUT2D eigenvalue weighted by Crippen LogP contribution is -2.24. The zero-order valence-electron chi connectivity index (χ0n) is 13.2. The quantitative estimate of drug-likeness (QED) is 0.796. The van der Waals surface area contributed by atoms with Crippen LogP contribution in [0.15, 0.2) is 22.7 Å². The van der Waals surface area contributed by atoms with Crippen LogP contribution in [0, 0.1) is 13.8 Å². The summed E-state index contributed by atoms with van der Waals surface area (Å²) in [5.41, 5.74) is 4.48. The van der Waals surface area contributed by atoms with Gasteiger partial charge in [0.25, 0.3) is 0 Å². The minimum Gasteiger partial charge on any atom is -0.292 e. The highest BCUT2D eigenvalue weighted by Crippen LogP contribution is 2.23. The lowest BCUT2D eigenvalue weighted by atomic mass is 10.2. The number of aromatic nitrogens is 3. The summed E-state index contributed by atoms with van der Waals surface area (Å²) < 4.78 is 3.20. The minimum absolute atomic E-state index is 0.860. The number of hydrogen-bond acceptors (Lipinski definition) is 3. The molecule has 0 bridgehead atoms. The maximum absolute atomic E-state index is 4.60. The van der Waals surface area contributed by atoms with Crippen molar-refractivity contribution in [1.82, 2.24) is 19.7 Å². The molecule has 4 nitrogen and oxygen atoms in total. The van der Waals surface area contributed by atoms with Crippen LogP contribution in [-0.2, 0) is 19.6 Å². The molecule has 0 aliphatic carbocycles. The van der Waals surface area contributed by atoms with Gasteiger partial charge < -0.3 is 0 Å². The van der Waals surface area contributed by atoms with E-state index in [4.69, 9.17) is 0 Å². The Kier molecular flexibility index (Phi) is 5.53. The molecule has 21 heavy (non-hydrogen) atoms. The summed E-state index contributed by atoms with van der Waals surface area (Å²) in [4.78, 5) is 6.98. The molecule has 0 N–H and O–H groups in total. The number of rotatable bonds is 6. The Balaban J connectivity index is 2.16. The van der Waals surface area contributed by atoms with Gasteiger partial charge in [-0.25, -0.2) is 0 Å². The first kappa shape index (κ1) is 16.2. The third kappa shape index (κ3) is 3.92. The molecule has 0 atom stereocenters. The van der Waals surface area contributed by atoms with E-state index >= 15 is 0 Å². The van der Waals surface area contributed by atoms with E-state index in [9.17, 15) is 0 Å². The summed E-state index contributed by atoms with van der Waals surface area (Å²) in [5.74, 6) is 0. The maximum Gasteiger partial charge on any atom is 0.0739 e. The van der Waals surface area contributed by atoms with E-state index < -0.39 is 0 Å². The molecule has 0 aliphatic rings. The monoisotopic (exact) mass is 350 g/mol. The van der Waals surface area contributed by atoms with Gasteiger partial charge in [0.2, 0.25) is 0 Å². The molecule has 2 aromatic heterocycles. The lowest BCUT2D eigenvalue weighted by molar-refractivity contribution is 0.259. The molecule has 0 amide bonds. The van der Waals surface area contributed by atoms with Crippen molar-refractivity contribution in [2.75, 3.05) is 6.54 Å². The summed E-state index contributed by atoms with van der Waals surface area (Å²) in [7, 11) is 0. The Morgan fingerprint density at radius 2 is 1.95 bits per heavy atom. The predicted molar refractivity (Wildman–Crippen MR) is 89.1 cm³/mol. The van der Waals surface area contributed by atoms with E-state index in [2.05, 4.69) is 61.6 Å². The van der Waals surface area contributed by atoms with Crippen molar-refractivity contribution in [3.63, 3.8) is 0 Å². The molecule has 5 heteroatoms. The lowest BCUT2D eigenvalue weighted by Gasteiger charge is -2.21. The van der Waals surface area contributed by atoms with Crippen LogP contribution in [0.5, 0.6) is 0 Å². The van der Waals surface area contributed by atoms with Crippen molar-refractivity contribution in [1.29, 1.82) is 0 Å². The predicted octanol–water partition coefficient (Wildman–Crippen LogP) is 3.70. The van der Waals surface area contributed by atoms with Gasteiger partial charge in [-0.1, -0.05) is 13.0 Å². The van der Waals surface area contributed by atoms with Crippen molar-refractivity contribution in [2.24, 2.45) is 0 Å². The van der Waals surface area contributed by atoms with Crippen LogP contribution >= 0.6 is 15.9 Å². The third-order valence-electron chi connectivity index (χ3n) is 3.61. The van der Waals surface area contributed by atoms with Gasteiger partial charge in [-0.05, 0) is 55.4 Å². The second kappa shape index (κ2) is 7.18. The molecule has 2 rings (SSSR count). The van der Waals surface area contributed by atoms with E-state index in [-0.39, 0.29) is 0 Å². The van der Waals surface area contributed by atoms with Crippen LogP contribution in [0.1, 0.15) is 36.6 Å². The van der Waals surface area contributed by atoms with Crippen molar-refractivity contribution in [2.45, 2.75) is 47.3 Å². The fourth-order valence-corrected chi connectivity index (χ4v) is 2.84. The highest BCUT2D eigenvalue weighted by atomic mass is 79.9. The van der Waals surface area contributed by atoms with Crippen molar-refractivity contribution in [3.05, 3.63) is 45.4 Å². The Morgan fingerprint density at radius 3 is 2.57 bits per heavy atom. The smallest absolute Gasteiger partial charge is 0.0739 e. The summed E-state index contributed by atoms with van der Waals surface area (Å²) in [6.07, 6.45) is 0. The normalized spacial score (nSPS) is 11.3. The molecule has 0 radical (unpaired) electrons. The molecule has 0 spiro atoms. The highest BCUT2D eigenvalue weighted by molar-refractivity contribution is 9.10. The molecule has 2 aromatic rings. The largest absolute Gasteiger partial charge is 0.292 e. The number of pyridine rings is 1. The molecule has 0 fully saturated rings. The molecule has 0 saturated heterocycles. The molecular formula is C16H23BrN4. The van der Waals surface area contributed by atoms with Gasteiger partial charge in [0.05, 0.1) is 21.6 Å². The number of nitrogens with zero attached hydrogens (tertiary/aromatic N) is 4. The SMILES string of the molecule is CCN(Cc1cccc(C)n1)Cc1c(Br)c(C)nn1CC. The van der Waals surface area contributed by atoms with Gasteiger partial charge >= 0.3 is 0 Å². The molecule has 0 aliphatic heterocycles. The second-order valence-electron chi connectivity index (χ2n) is 5.24. The Bertz CT molecular complexity index is 606. The first-order valence-electron chi connectivity index (χ1n) is 7.41. The fourth-order valence-electron chi connectivity index (χ4n) is 2.43. The average molecular weight is 351 g/mol. The van der Waals surface area contributed by atoms with Crippen LogP contribution in [-0.4, -0.2) is 26.2 Å². The van der Waals surface area contributed by atoms with Gasteiger partial charge in [-0.15, -0.1) is 0 Å². The summed E-state index contributed by atoms with van der Waals surface area (Å²) in [6, 6.07) is 6.20. The van der Waals surface area contributed by atoms with Gasteiger partial charge in [0.15, 0.2) is 0 Å². The molecule has 0 unspecified atom stereocenters. The fraction of sp³-hybridized carbons (Fsp3) is 0.500. The first-order chi connectivity index (χ1) is 10.0. The van der Waals surface area contributed by atoms with Crippen LogP contribution in [0.3, 0.4) is 0 Å². The van der Waals surface area contributed by atoms with Gasteiger partial charge in [0, 0.05) is 25.3 Å². The third-order valence-corrected chi connectivity index (χ3v) is 4.64. The number of halogens is 1. The molecule has 0 saturated carbocycles. The van der Waals surface area contributed by atoms with Gasteiger partial charge in [-0.3, -0.25) is 14.6 Å². The van der Waals surface area contributed by atoms with Crippen molar-refractivity contribution < 1.29 is 0 Å². The van der Waals surface area contributed by atoms with E-state index in [1.165, 1.54) is 5.69 Å². The molecule has 2 heterocycles. The molecule has 114 valence electrons. The zero-order chi connectivity index (χ0) is 15.4. The Labute approximate surface area is 135 Å². The standard InChI is InChI=1S/C16H23BrN4/c1-5-20(10-14-9-7-8-12(3)18-14)11-15-16(17)13(4)19-21(15)6-2/h7-9H,5-6,10-11H2,1-4H3. The molecule has 0 aromatic carbocycles. The first-order valence-corrected chi connectivity index (χ1v) is 8.21. The topological polar surface area (TPSA) is 34.0 Å². The van der Waals surface area contributed by atoms with Gasteiger partial charge in [0.1, 0.15) is 0 Å². The second-order valence-corrected chi connectivity index (χ2v) is 6.03. The van der Waals surface area contributed by atoms with Crippen LogP contribution in [0.4, 0.5) is 0 Å². The van der Waals surface area contributed by atoms with Gasteiger partial charge in [-0.2, -0.15) is 5.10 Å². The maximum atomic E-state index is 4.60. The van der Waals surface area contributed by atoms with E-state index in [0.717, 1.165) is 47.7 Å². The van der Waals surface area contributed by atoms with E-state index in [1.54, 1.807) is 0 Å². The number of aryl methyl sites for hydroxylation is 3. The summed E-state index contributed by atoms with van der Waals surface area (Å²) in [6.45, 7) is 12.0. The van der Waals surface area contributed by atoms with E-state index in [0.29, 0.717) is 0 Å². The summed E-state index contributed by atoms with van der Waals surface area (Å²) in [5, 5.41) is 4.56. The zero-order valence-corrected chi connectivity index (χ0v) is 14.8. The minimum atomic E-state index is 0.860. The average Bonchev–Trinajstić information content (AvgIpc) is 2.74. The Hall–Kier alpha value is -1.20. The van der Waals surface area contributed by atoms with Crippen LogP contribution in [0.25, 0.3) is 0 Å².